The number of rotatable bonds is 4. The summed E-state index contributed by atoms with van der Waals surface area (Å²) >= 11 is 0. The minimum atomic E-state index is -0.285. The molecule has 1 heterocycles. The highest BCUT2D eigenvalue weighted by Gasteiger charge is 2.18. The Morgan fingerprint density at radius 3 is 2.70 bits per heavy atom. The van der Waals surface area contributed by atoms with Gasteiger partial charge in [-0.15, -0.1) is 0 Å². The van der Waals surface area contributed by atoms with E-state index in [0.717, 1.165) is 11.3 Å². The molecule has 1 N–H and O–H groups in total. The number of halogens is 1. The van der Waals surface area contributed by atoms with E-state index >= 15 is 0 Å². The average molecular weight is 274 g/mol. The molecule has 0 fully saturated rings. The quantitative estimate of drug-likeness (QED) is 0.931. The summed E-state index contributed by atoms with van der Waals surface area (Å²) in [6.45, 7) is 0.130. The third-order valence-corrected chi connectivity index (χ3v) is 3.48. The maximum atomic E-state index is 13.8. The van der Waals surface area contributed by atoms with Crippen molar-refractivity contribution < 1.29 is 19.0 Å². The van der Waals surface area contributed by atoms with Gasteiger partial charge in [0.15, 0.2) is 11.5 Å². The molecule has 2 aromatic carbocycles. The van der Waals surface area contributed by atoms with Crippen molar-refractivity contribution in [3.8, 4) is 11.5 Å². The second-order valence-corrected chi connectivity index (χ2v) is 4.79. The van der Waals surface area contributed by atoms with Gasteiger partial charge in [-0.2, -0.15) is 0 Å². The van der Waals surface area contributed by atoms with E-state index < -0.39 is 0 Å². The van der Waals surface area contributed by atoms with Crippen LogP contribution in [0.25, 0.3) is 0 Å². The molecule has 1 unspecified atom stereocenters. The number of hydrogen-bond donors (Lipinski definition) is 1. The summed E-state index contributed by atoms with van der Waals surface area (Å²) in [7, 11) is 0. The lowest BCUT2D eigenvalue weighted by atomic mass is 9.92. The van der Waals surface area contributed by atoms with Crippen molar-refractivity contribution in [2.45, 2.75) is 12.3 Å². The molecule has 0 saturated heterocycles. The van der Waals surface area contributed by atoms with Crippen molar-refractivity contribution in [2.24, 2.45) is 0 Å². The number of ether oxygens (including phenoxy) is 2. The number of fused-ring (bicyclic) bond motifs is 1. The van der Waals surface area contributed by atoms with Gasteiger partial charge < -0.3 is 14.6 Å². The normalized spacial score (nSPS) is 14.3. The first-order valence-corrected chi connectivity index (χ1v) is 6.51. The maximum Gasteiger partial charge on any atom is 0.231 e. The molecule has 3 rings (SSSR count). The lowest BCUT2D eigenvalue weighted by Gasteiger charge is -2.15. The second kappa shape index (κ2) is 5.51. The van der Waals surface area contributed by atoms with E-state index in [-0.39, 0.29) is 25.1 Å². The molecular formula is C16H15FO3. The summed E-state index contributed by atoms with van der Waals surface area (Å²) in [6.07, 6.45) is 0.550. The van der Waals surface area contributed by atoms with Crippen LogP contribution in [0, 0.1) is 5.82 Å². The van der Waals surface area contributed by atoms with Gasteiger partial charge in [-0.05, 0) is 35.7 Å². The first-order chi connectivity index (χ1) is 9.78. The van der Waals surface area contributed by atoms with Gasteiger partial charge in [0.05, 0.1) is 6.61 Å². The molecule has 1 aliphatic heterocycles. The number of benzene rings is 2. The van der Waals surface area contributed by atoms with Crippen LogP contribution in [0.15, 0.2) is 42.5 Å². The lowest BCUT2D eigenvalue weighted by Crippen LogP contribution is -2.09. The number of aliphatic hydroxyl groups excluding tert-OH is 1. The highest BCUT2D eigenvalue weighted by molar-refractivity contribution is 5.45. The van der Waals surface area contributed by atoms with E-state index in [2.05, 4.69) is 0 Å². The summed E-state index contributed by atoms with van der Waals surface area (Å²) in [5.41, 5.74) is 1.52. The Morgan fingerprint density at radius 2 is 1.90 bits per heavy atom. The Kier molecular flexibility index (Phi) is 3.56. The van der Waals surface area contributed by atoms with Crippen LogP contribution in [0.2, 0.25) is 0 Å². The van der Waals surface area contributed by atoms with Crippen LogP contribution in [-0.2, 0) is 6.42 Å². The fourth-order valence-corrected chi connectivity index (χ4v) is 2.43. The van der Waals surface area contributed by atoms with Gasteiger partial charge in [0.25, 0.3) is 0 Å². The van der Waals surface area contributed by atoms with Crippen LogP contribution >= 0.6 is 0 Å². The monoisotopic (exact) mass is 274 g/mol. The van der Waals surface area contributed by atoms with Crippen molar-refractivity contribution >= 4 is 0 Å². The molecule has 0 saturated carbocycles. The van der Waals surface area contributed by atoms with Gasteiger partial charge >= 0.3 is 0 Å². The Bertz CT molecular complexity index is 612. The second-order valence-electron chi connectivity index (χ2n) is 4.79. The summed E-state index contributed by atoms with van der Waals surface area (Å²) in [4.78, 5) is 0. The summed E-state index contributed by atoms with van der Waals surface area (Å²) < 4.78 is 24.4. The molecule has 0 spiro atoms. The van der Waals surface area contributed by atoms with Gasteiger partial charge in [0.2, 0.25) is 6.79 Å². The molecule has 1 aliphatic rings. The van der Waals surface area contributed by atoms with Crippen molar-refractivity contribution in [1.82, 2.24) is 0 Å². The van der Waals surface area contributed by atoms with Crippen LogP contribution in [0.3, 0.4) is 0 Å². The minimum Gasteiger partial charge on any atom is -0.454 e. The Morgan fingerprint density at radius 1 is 1.10 bits per heavy atom. The maximum absolute atomic E-state index is 13.8. The van der Waals surface area contributed by atoms with Crippen LogP contribution in [0.5, 0.6) is 11.5 Å². The molecule has 4 heteroatoms. The van der Waals surface area contributed by atoms with E-state index in [0.29, 0.717) is 17.7 Å². The van der Waals surface area contributed by atoms with Gasteiger partial charge in [0.1, 0.15) is 5.82 Å². The molecule has 0 bridgehead atoms. The number of hydrogen-bond acceptors (Lipinski definition) is 3. The van der Waals surface area contributed by atoms with E-state index in [4.69, 9.17) is 9.47 Å². The first-order valence-electron chi connectivity index (χ1n) is 6.51. The first kappa shape index (κ1) is 12.9. The molecule has 1 atom stereocenters. The fraction of sp³-hybridized carbons (Fsp3) is 0.250. The highest BCUT2D eigenvalue weighted by atomic mass is 19.1. The average Bonchev–Trinajstić information content (AvgIpc) is 2.93. The van der Waals surface area contributed by atoms with Crippen molar-refractivity contribution in [2.75, 3.05) is 13.4 Å². The molecule has 0 aliphatic carbocycles. The van der Waals surface area contributed by atoms with Crippen molar-refractivity contribution in [1.29, 1.82) is 0 Å². The lowest BCUT2D eigenvalue weighted by molar-refractivity contribution is 0.174. The molecule has 0 amide bonds. The predicted octanol–water partition coefficient (Wildman–Crippen LogP) is 2.87. The standard InChI is InChI=1S/C16H15FO3/c17-14-4-2-1-3-13(14)12(9-18)7-11-5-6-15-16(8-11)20-10-19-15/h1-6,8,12,18H,7,9-10H2. The Hall–Kier alpha value is -2.07. The van der Waals surface area contributed by atoms with Crippen molar-refractivity contribution in [3.63, 3.8) is 0 Å². The van der Waals surface area contributed by atoms with Gasteiger partial charge in [-0.1, -0.05) is 24.3 Å². The molecule has 104 valence electrons. The van der Waals surface area contributed by atoms with E-state index in [1.54, 1.807) is 18.2 Å². The van der Waals surface area contributed by atoms with Crippen LogP contribution < -0.4 is 9.47 Å². The molecule has 0 aromatic heterocycles. The molecule has 20 heavy (non-hydrogen) atoms. The van der Waals surface area contributed by atoms with E-state index in [1.165, 1.54) is 6.07 Å². The summed E-state index contributed by atoms with van der Waals surface area (Å²) in [5.74, 6) is 0.872. The summed E-state index contributed by atoms with van der Waals surface area (Å²) in [6, 6.07) is 12.2. The third-order valence-electron chi connectivity index (χ3n) is 3.48. The highest BCUT2D eigenvalue weighted by Crippen LogP contribution is 2.34. The van der Waals surface area contributed by atoms with E-state index in [1.807, 2.05) is 18.2 Å². The zero-order chi connectivity index (χ0) is 13.9. The predicted molar refractivity (Wildman–Crippen MR) is 72.5 cm³/mol. The topological polar surface area (TPSA) is 38.7 Å². The van der Waals surface area contributed by atoms with Crippen LogP contribution in [0.1, 0.15) is 17.0 Å². The van der Waals surface area contributed by atoms with E-state index in [9.17, 15) is 9.50 Å². The molecule has 2 aromatic rings. The smallest absolute Gasteiger partial charge is 0.231 e. The Labute approximate surface area is 116 Å². The molecule has 3 nitrogen and oxygen atoms in total. The van der Waals surface area contributed by atoms with Gasteiger partial charge in [-0.3, -0.25) is 0 Å². The Balaban J connectivity index is 1.83. The van der Waals surface area contributed by atoms with Gasteiger partial charge in [0, 0.05) is 5.92 Å². The summed E-state index contributed by atoms with van der Waals surface area (Å²) in [5, 5.41) is 9.54. The third kappa shape index (κ3) is 2.47. The molecular weight excluding hydrogens is 259 g/mol. The van der Waals surface area contributed by atoms with Gasteiger partial charge in [-0.25, -0.2) is 4.39 Å². The fourth-order valence-electron chi connectivity index (χ4n) is 2.43. The number of aliphatic hydroxyl groups is 1. The largest absolute Gasteiger partial charge is 0.454 e. The van der Waals surface area contributed by atoms with Crippen LogP contribution in [-0.4, -0.2) is 18.5 Å². The zero-order valence-electron chi connectivity index (χ0n) is 10.9. The zero-order valence-corrected chi connectivity index (χ0v) is 10.9. The minimum absolute atomic E-state index is 0.102. The van der Waals surface area contributed by atoms with Crippen molar-refractivity contribution in [3.05, 3.63) is 59.4 Å². The molecule has 0 radical (unpaired) electrons. The SMILES string of the molecule is OCC(Cc1ccc2c(c1)OCO2)c1ccccc1F. The van der Waals surface area contributed by atoms with Crippen LogP contribution in [0.4, 0.5) is 4.39 Å².